The smallest absolute Gasteiger partial charge is 0.269 e. The molecular weight excluding hydrogens is 270 g/mol. The van der Waals surface area contributed by atoms with Crippen molar-refractivity contribution in [1.29, 1.82) is 0 Å². The number of nitro benzene ring substituents is 1. The van der Waals surface area contributed by atoms with E-state index in [-0.39, 0.29) is 11.6 Å². The molecule has 0 aliphatic heterocycles. The zero-order valence-electron chi connectivity index (χ0n) is 11.4. The van der Waals surface area contributed by atoms with Gasteiger partial charge in [-0.3, -0.25) is 14.9 Å². The Labute approximate surface area is 121 Å². The molecular formula is C15H15N3O3. The summed E-state index contributed by atoms with van der Waals surface area (Å²) in [5, 5.41) is 16.3. The molecule has 6 heteroatoms. The molecule has 0 aliphatic carbocycles. The van der Waals surface area contributed by atoms with Gasteiger partial charge in [0.05, 0.1) is 4.92 Å². The van der Waals surface area contributed by atoms with E-state index in [2.05, 4.69) is 10.6 Å². The Balaban J connectivity index is 1.95. The third kappa shape index (κ3) is 4.04. The van der Waals surface area contributed by atoms with Gasteiger partial charge in [-0.05, 0) is 31.2 Å². The highest BCUT2D eigenvalue weighted by atomic mass is 16.6. The summed E-state index contributed by atoms with van der Waals surface area (Å²) in [6, 6.07) is 14.6. The summed E-state index contributed by atoms with van der Waals surface area (Å²) in [6.07, 6.45) is 0. The number of rotatable bonds is 5. The third-order valence-electron chi connectivity index (χ3n) is 2.90. The van der Waals surface area contributed by atoms with E-state index in [1.165, 1.54) is 12.1 Å². The van der Waals surface area contributed by atoms with Crippen molar-refractivity contribution in [2.24, 2.45) is 0 Å². The Kier molecular flexibility index (Phi) is 4.50. The summed E-state index contributed by atoms with van der Waals surface area (Å²) in [5.41, 5.74) is 1.39. The maximum absolute atomic E-state index is 12.0. The second-order valence-electron chi connectivity index (χ2n) is 4.53. The van der Waals surface area contributed by atoms with Crippen molar-refractivity contribution < 1.29 is 9.72 Å². The predicted octanol–water partition coefficient (Wildman–Crippen LogP) is 3.03. The van der Waals surface area contributed by atoms with Crippen molar-refractivity contribution in [3.63, 3.8) is 0 Å². The lowest BCUT2D eigenvalue weighted by Gasteiger charge is -2.15. The van der Waals surface area contributed by atoms with E-state index in [0.29, 0.717) is 5.69 Å². The normalized spacial score (nSPS) is 11.5. The average molecular weight is 285 g/mol. The van der Waals surface area contributed by atoms with Crippen LogP contribution >= 0.6 is 0 Å². The molecule has 2 N–H and O–H groups in total. The monoisotopic (exact) mass is 285 g/mol. The summed E-state index contributed by atoms with van der Waals surface area (Å²) in [7, 11) is 0. The zero-order valence-corrected chi connectivity index (χ0v) is 11.4. The minimum Gasteiger partial charge on any atom is -0.374 e. The Morgan fingerprint density at radius 1 is 1.05 bits per heavy atom. The first-order valence-electron chi connectivity index (χ1n) is 6.43. The van der Waals surface area contributed by atoms with E-state index in [0.717, 1.165) is 5.69 Å². The predicted molar refractivity (Wildman–Crippen MR) is 81.3 cm³/mol. The van der Waals surface area contributed by atoms with Crippen LogP contribution < -0.4 is 10.6 Å². The number of amides is 1. The number of carbonyl (C=O) groups is 1. The topological polar surface area (TPSA) is 84.3 Å². The number of nitrogens with zero attached hydrogens (tertiary/aromatic N) is 1. The van der Waals surface area contributed by atoms with Gasteiger partial charge in [-0.25, -0.2) is 0 Å². The molecule has 6 nitrogen and oxygen atoms in total. The molecule has 0 saturated carbocycles. The van der Waals surface area contributed by atoms with Crippen LogP contribution in [0.4, 0.5) is 17.1 Å². The lowest BCUT2D eigenvalue weighted by Crippen LogP contribution is -2.31. The van der Waals surface area contributed by atoms with Gasteiger partial charge in [0.2, 0.25) is 5.91 Å². The molecule has 1 amide bonds. The van der Waals surface area contributed by atoms with Crippen LogP contribution in [0.15, 0.2) is 54.6 Å². The van der Waals surface area contributed by atoms with Crippen LogP contribution in [0.5, 0.6) is 0 Å². The first-order chi connectivity index (χ1) is 10.1. The van der Waals surface area contributed by atoms with Crippen molar-refractivity contribution in [1.82, 2.24) is 0 Å². The minimum absolute atomic E-state index is 0.0157. The number of non-ortho nitro benzene ring substituents is 1. The fourth-order valence-electron chi connectivity index (χ4n) is 1.77. The number of hydrogen-bond acceptors (Lipinski definition) is 4. The molecule has 0 heterocycles. The van der Waals surface area contributed by atoms with E-state index in [4.69, 9.17) is 0 Å². The van der Waals surface area contributed by atoms with Gasteiger partial charge >= 0.3 is 0 Å². The molecule has 0 saturated heterocycles. The Bertz CT molecular complexity index is 626. The van der Waals surface area contributed by atoms with Gasteiger partial charge < -0.3 is 10.6 Å². The fraction of sp³-hybridized carbons (Fsp3) is 0.133. The van der Waals surface area contributed by atoms with Gasteiger partial charge in [0, 0.05) is 23.5 Å². The van der Waals surface area contributed by atoms with Crippen molar-refractivity contribution in [2.45, 2.75) is 13.0 Å². The van der Waals surface area contributed by atoms with Crippen molar-refractivity contribution >= 4 is 23.0 Å². The molecule has 2 aromatic rings. The number of para-hydroxylation sites is 1. The second-order valence-corrected chi connectivity index (χ2v) is 4.53. The first-order valence-corrected chi connectivity index (χ1v) is 6.43. The summed E-state index contributed by atoms with van der Waals surface area (Å²) in [6.45, 7) is 1.72. The van der Waals surface area contributed by atoms with Gasteiger partial charge in [-0.1, -0.05) is 18.2 Å². The van der Waals surface area contributed by atoms with Gasteiger partial charge in [0.25, 0.3) is 5.69 Å². The highest BCUT2D eigenvalue weighted by molar-refractivity contribution is 5.96. The van der Waals surface area contributed by atoms with E-state index in [9.17, 15) is 14.9 Å². The molecule has 1 unspecified atom stereocenters. The molecule has 0 spiro atoms. The molecule has 0 aliphatic rings. The quantitative estimate of drug-likeness (QED) is 0.653. The van der Waals surface area contributed by atoms with Gasteiger partial charge in [0.15, 0.2) is 0 Å². The molecule has 0 radical (unpaired) electrons. The first kappa shape index (κ1) is 14.5. The van der Waals surface area contributed by atoms with Crippen molar-refractivity contribution in [3.05, 3.63) is 64.7 Å². The Hall–Kier alpha value is -2.89. The molecule has 21 heavy (non-hydrogen) atoms. The van der Waals surface area contributed by atoms with Gasteiger partial charge in [-0.2, -0.15) is 0 Å². The second kappa shape index (κ2) is 6.51. The molecule has 0 bridgehead atoms. The summed E-state index contributed by atoms with van der Waals surface area (Å²) in [5.74, 6) is -0.181. The zero-order chi connectivity index (χ0) is 15.2. The van der Waals surface area contributed by atoms with Crippen LogP contribution in [0.25, 0.3) is 0 Å². The summed E-state index contributed by atoms with van der Waals surface area (Å²) >= 11 is 0. The van der Waals surface area contributed by atoms with Crippen molar-refractivity contribution in [3.8, 4) is 0 Å². The fourth-order valence-corrected chi connectivity index (χ4v) is 1.77. The van der Waals surface area contributed by atoms with Crippen LogP contribution in [-0.4, -0.2) is 16.9 Å². The number of benzene rings is 2. The van der Waals surface area contributed by atoms with Crippen LogP contribution in [-0.2, 0) is 4.79 Å². The molecule has 2 rings (SSSR count). The maximum atomic E-state index is 12.0. The molecule has 108 valence electrons. The highest BCUT2D eigenvalue weighted by Crippen LogP contribution is 2.16. The lowest BCUT2D eigenvalue weighted by atomic mass is 10.2. The van der Waals surface area contributed by atoms with Crippen LogP contribution in [0.3, 0.4) is 0 Å². The third-order valence-corrected chi connectivity index (χ3v) is 2.90. The molecule has 2 aromatic carbocycles. The highest BCUT2D eigenvalue weighted by Gasteiger charge is 2.13. The summed E-state index contributed by atoms with van der Waals surface area (Å²) in [4.78, 5) is 22.1. The van der Waals surface area contributed by atoms with E-state index in [1.54, 1.807) is 31.2 Å². The number of hydrogen-bond donors (Lipinski definition) is 2. The SMILES string of the molecule is CC(Nc1ccc([N+](=O)[O-])cc1)C(=O)Nc1ccccc1. The summed E-state index contributed by atoms with van der Waals surface area (Å²) < 4.78 is 0. The van der Waals surface area contributed by atoms with E-state index < -0.39 is 11.0 Å². The van der Waals surface area contributed by atoms with Gasteiger partial charge in [-0.15, -0.1) is 0 Å². The number of anilines is 2. The number of nitro groups is 1. The van der Waals surface area contributed by atoms with E-state index >= 15 is 0 Å². The molecule has 0 aromatic heterocycles. The standard InChI is InChI=1S/C15H15N3O3/c1-11(15(19)17-12-5-3-2-4-6-12)16-13-7-9-14(10-8-13)18(20)21/h2-11,16H,1H3,(H,17,19). The number of nitrogens with one attached hydrogen (secondary N) is 2. The van der Waals surface area contributed by atoms with Crippen LogP contribution in [0.1, 0.15) is 6.92 Å². The van der Waals surface area contributed by atoms with E-state index in [1.807, 2.05) is 18.2 Å². The Morgan fingerprint density at radius 2 is 1.67 bits per heavy atom. The van der Waals surface area contributed by atoms with Crippen LogP contribution in [0, 0.1) is 10.1 Å². The van der Waals surface area contributed by atoms with Crippen LogP contribution in [0.2, 0.25) is 0 Å². The molecule has 0 fully saturated rings. The molecule has 1 atom stereocenters. The van der Waals surface area contributed by atoms with Crippen molar-refractivity contribution in [2.75, 3.05) is 10.6 Å². The average Bonchev–Trinajstić information content (AvgIpc) is 2.48. The minimum atomic E-state index is -0.466. The number of carbonyl (C=O) groups excluding carboxylic acids is 1. The maximum Gasteiger partial charge on any atom is 0.269 e. The lowest BCUT2D eigenvalue weighted by molar-refractivity contribution is -0.384. The Morgan fingerprint density at radius 3 is 2.24 bits per heavy atom. The van der Waals surface area contributed by atoms with Gasteiger partial charge in [0.1, 0.15) is 6.04 Å². The largest absolute Gasteiger partial charge is 0.374 e.